The fraction of sp³-hybridized carbons (Fsp3) is 0.240. The van der Waals surface area contributed by atoms with Crippen molar-refractivity contribution in [2.75, 3.05) is 13.3 Å². The van der Waals surface area contributed by atoms with Gasteiger partial charge < -0.3 is 20.8 Å². The van der Waals surface area contributed by atoms with E-state index in [0.717, 1.165) is 24.5 Å². The van der Waals surface area contributed by atoms with Crippen molar-refractivity contribution < 1.29 is 27.8 Å². The zero-order valence-electron chi connectivity index (χ0n) is 18.7. The van der Waals surface area contributed by atoms with Crippen molar-refractivity contribution >= 4 is 15.7 Å². The second kappa shape index (κ2) is 10.4. The number of rotatable bonds is 8. The summed E-state index contributed by atoms with van der Waals surface area (Å²) in [5.41, 5.74) is 6.94. The van der Waals surface area contributed by atoms with E-state index >= 15 is 0 Å². The molecule has 0 spiro atoms. The van der Waals surface area contributed by atoms with Crippen LogP contribution in [0.2, 0.25) is 0 Å². The van der Waals surface area contributed by atoms with Crippen LogP contribution in [0.15, 0.2) is 83.8 Å². The molecule has 1 amide bonds. The highest BCUT2D eigenvalue weighted by atomic mass is 32.2. The second-order valence-electron chi connectivity index (χ2n) is 8.09. The SMILES string of the molecule is CN(C(=O)[C@@H](N)[C@H](O)c1ccc(S(C)(=O)=O)cc1F)[C@H](c1ccccc1)[C@H](O)c1ccccc1. The third kappa shape index (κ3) is 5.51. The van der Waals surface area contributed by atoms with E-state index in [1.807, 2.05) is 0 Å². The van der Waals surface area contributed by atoms with E-state index in [-0.39, 0.29) is 10.5 Å². The third-order valence-electron chi connectivity index (χ3n) is 5.69. The van der Waals surface area contributed by atoms with Crippen molar-refractivity contribution in [3.05, 3.63) is 101 Å². The number of benzene rings is 3. The van der Waals surface area contributed by atoms with E-state index in [0.29, 0.717) is 11.1 Å². The smallest absolute Gasteiger partial charge is 0.242 e. The van der Waals surface area contributed by atoms with Gasteiger partial charge in [-0.15, -0.1) is 0 Å². The number of halogens is 1. The van der Waals surface area contributed by atoms with E-state index in [9.17, 15) is 27.8 Å². The molecule has 180 valence electrons. The Kier molecular flexibility index (Phi) is 7.83. The second-order valence-corrected chi connectivity index (χ2v) is 10.1. The average Bonchev–Trinajstić information content (AvgIpc) is 2.83. The monoisotopic (exact) mass is 486 g/mol. The zero-order chi connectivity index (χ0) is 25.0. The van der Waals surface area contributed by atoms with Crippen molar-refractivity contribution in [2.45, 2.75) is 29.2 Å². The number of sulfone groups is 1. The summed E-state index contributed by atoms with van der Waals surface area (Å²) in [6.07, 6.45) is -1.91. The topological polar surface area (TPSA) is 121 Å². The molecule has 0 aliphatic carbocycles. The summed E-state index contributed by atoms with van der Waals surface area (Å²) in [6.45, 7) is 0. The van der Waals surface area contributed by atoms with Crippen molar-refractivity contribution in [3.8, 4) is 0 Å². The quantitative estimate of drug-likeness (QED) is 0.450. The minimum atomic E-state index is -3.65. The van der Waals surface area contributed by atoms with Gasteiger partial charge in [0.2, 0.25) is 5.91 Å². The van der Waals surface area contributed by atoms with E-state index in [1.54, 1.807) is 60.7 Å². The van der Waals surface area contributed by atoms with Crippen molar-refractivity contribution in [1.82, 2.24) is 4.90 Å². The predicted molar refractivity (Wildman–Crippen MR) is 126 cm³/mol. The summed E-state index contributed by atoms with van der Waals surface area (Å²) in [6, 6.07) is 18.2. The number of hydrogen-bond acceptors (Lipinski definition) is 6. The molecule has 9 heteroatoms. The van der Waals surface area contributed by atoms with E-state index in [2.05, 4.69) is 0 Å². The highest BCUT2D eigenvalue weighted by Gasteiger charge is 2.35. The van der Waals surface area contributed by atoms with Crippen LogP contribution in [0.1, 0.15) is 34.9 Å². The summed E-state index contributed by atoms with van der Waals surface area (Å²) < 4.78 is 37.9. The average molecular weight is 487 g/mol. The van der Waals surface area contributed by atoms with Crippen LogP contribution in [0.3, 0.4) is 0 Å². The van der Waals surface area contributed by atoms with Gasteiger partial charge in [-0.3, -0.25) is 4.79 Å². The van der Waals surface area contributed by atoms with E-state index < -0.39 is 45.9 Å². The molecular weight excluding hydrogens is 459 g/mol. The Balaban J connectivity index is 1.91. The number of aliphatic hydroxyl groups excluding tert-OH is 2. The van der Waals surface area contributed by atoms with Crippen molar-refractivity contribution in [2.24, 2.45) is 5.73 Å². The van der Waals surface area contributed by atoms with Crippen LogP contribution in [0.5, 0.6) is 0 Å². The summed E-state index contributed by atoms with van der Waals surface area (Å²) >= 11 is 0. The van der Waals surface area contributed by atoms with Gasteiger partial charge >= 0.3 is 0 Å². The van der Waals surface area contributed by atoms with Crippen LogP contribution in [-0.2, 0) is 14.6 Å². The minimum Gasteiger partial charge on any atom is -0.386 e. The maximum absolute atomic E-state index is 14.6. The fourth-order valence-corrected chi connectivity index (χ4v) is 4.41. The minimum absolute atomic E-state index is 0.256. The molecule has 0 fully saturated rings. The van der Waals surface area contributed by atoms with Gasteiger partial charge in [-0.1, -0.05) is 66.7 Å². The van der Waals surface area contributed by atoms with Gasteiger partial charge in [0, 0.05) is 18.9 Å². The number of aliphatic hydroxyl groups is 2. The molecule has 4 atom stereocenters. The number of carbonyl (C=O) groups is 1. The zero-order valence-corrected chi connectivity index (χ0v) is 19.6. The number of amides is 1. The first-order valence-electron chi connectivity index (χ1n) is 10.5. The molecule has 7 nitrogen and oxygen atoms in total. The Morgan fingerprint density at radius 1 is 0.912 bits per heavy atom. The van der Waals surface area contributed by atoms with Gasteiger partial charge in [-0.05, 0) is 23.3 Å². The first-order chi connectivity index (χ1) is 16.0. The third-order valence-corrected chi connectivity index (χ3v) is 6.80. The van der Waals surface area contributed by atoms with Gasteiger partial charge in [0.15, 0.2) is 9.84 Å². The molecule has 3 rings (SSSR count). The molecule has 0 saturated heterocycles. The molecule has 0 aliphatic rings. The van der Waals surface area contributed by atoms with E-state index in [4.69, 9.17) is 5.73 Å². The lowest BCUT2D eigenvalue weighted by atomic mass is 9.93. The highest BCUT2D eigenvalue weighted by Crippen LogP contribution is 2.34. The molecule has 34 heavy (non-hydrogen) atoms. The summed E-state index contributed by atoms with van der Waals surface area (Å²) in [7, 11) is -2.21. The van der Waals surface area contributed by atoms with E-state index in [1.165, 1.54) is 11.9 Å². The maximum atomic E-state index is 14.6. The lowest BCUT2D eigenvalue weighted by Crippen LogP contribution is -2.48. The molecule has 0 bridgehead atoms. The molecule has 3 aromatic carbocycles. The lowest BCUT2D eigenvalue weighted by Gasteiger charge is -2.35. The molecule has 0 saturated carbocycles. The Bertz CT molecular complexity index is 1240. The van der Waals surface area contributed by atoms with Crippen LogP contribution in [-0.4, -0.2) is 48.8 Å². The molecule has 0 radical (unpaired) electrons. The van der Waals surface area contributed by atoms with Gasteiger partial charge in [-0.25, -0.2) is 12.8 Å². The Morgan fingerprint density at radius 2 is 1.44 bits per heavy atom. The first kappa shape index (κ1) is 25.5. The molecule has 3 aromatic rings. The molecular formula is C25H27FN2O5S. The Labute approximate surface area is 198 Å². The molecule has 0 aromatic heterocycles. The maximum Gasteiger partial charge on any atom is 0.242 e. The van der Waals surface area contributed by atoms with Crippen LogP contribution in [0.4, 0.5) is 4.39 Å². The summed E-state index contributed by atoms with van der Waals surface area (Å²) in [4.78, 5) is 14.2. The number of nitrogens with zero attached hydrogens (tertiary/aromatic N) is 1. The van der Waals surface area contributed by atoms with Crippen LogP contribution < -0.4 is 5.73 Å². The molecule has 0 unspecified atom stereocenters. The Hall–Kier alpha value is -3.11. The standard InChI is InChI=1S/C25H27FN2O5S/c1-28(22(16-9-5-3-6-10-16)23(29)17-11-7-4-8-12-17)25(31)21(27)24(30)19-14-13-18(15-20(19)26)34(2,32)33/h3-15,21-24,29-30H,27H2,1-2H3/t21-,22+,23+,24+/m0/s1. The molecule has 0 heterocycles. The first-order valence-corrected chi connectivity index (χ1v) is 12.4. The molecule has 4 N–H and O–H groups in total. The fourth-order valence-electron chi connectivity index (χ4n) is 3.78. The van der Waals surface area contributed by atoms with Crippen LogP contribution in [0.25, 0.3) is 0 Å². The largest absolute Gasteiger partial charge is 0.386 e. The Morgan fingerprint density at radius 3 is 1.94 bits per heavy atom. The number of hydrogen-bond donors (Lipinski definition) is 3. The van der Waals surface area contributed by atoms with Gasteiger partial charge in [0.1, 0.15) is 24.1 Å². The van der Waals surface area contributed by atoms with Crippen molar-refractivity contribution in [1.29, 1.82) is 0 Å². The summed E-state index contributed by atoms with van der Waals surface area (Å²) in [5.74, 6) is -1.73. The normalized spacial score (nSPS) is 15.2. The van der Waals surface area contributed by atoms with Gasteiger partial charge in [0.05, 0.1) is 10.9 Å². The predicted octanol–water partition coefficient (Wildman–Crippen LogP) is 2.52. The number of nitrogens with two attached hydrogens (primary N) is 1. The number of carbonyl (C=O) groups excluding carboxylic acids is 1. The van der Waals surface area contributed by atoms with Gasteiger partial charge in [-0.2, -0.15) is 0 Å². The van der Waals surface area contributed by atoms with Crippen LogP contribution in [0, 0.1) is 5.82 Å². The van der Waals surface area contributed by atoms with Crippen LogP contribution >= 0.6 is 0 Å². The van der Waals surface area contributed by atoms with Crippen molar-refractivity contribution in [3.63, 3.8) is 0 Å². The van der Waals surface area contributed by atoms with Gasteiger partial charge in [0.25, 0.3) is 0 Å². The highest BCUT2D eigenvalue weighted by molar-refractivity contribution is 7.90. The lowest BCUT2D eigenvalue weighted by molar-refractivity contribution is -0.139. The summed E-state index contributed by atoms with van der Waals surface area (Å²) in [5, 5.41) is 21.8. The molecule has 0 aliphatic heterocycles. The number of likely N-dealkylation sites (N-methyl/N-ethyl adjacent to an activating group) is 1.